The maximum Gasteiger partial charge on any atom is 0.0635 e. The van der Waals surface area contributed by atoms with Crippen molar-refractivity contribution < 1.29 is 0 Å². The molecule has 1 saturated carbocycles. The molecule has 1 aromatic rings. The van der Waals surface area contributed by atoms with Crippen LogP contribution in [-0.2, 0) is 6.54 Å². The molecule has 108 valence electrons. The lowest BCUT2D eigenvalue weighted by atomic mass is 9.66. The molecule has 1 aliphatic rings. The van der Waals surface area contributed by atoms with E-state index >= 15 is 0 Å². The van der Waals surface area contributed by atoms with Crippen LogP contribution in [0.5, 0.6) is 0 Å². The van der Waals surface area contributed by atoms with Gasteiger partial charge in [0.25, 0.3) is 0 Å². The first-order chi connectivity index (χ1) is 8.98. The third-order valence-electron chi connectivity index (χ3n) is 4.48. The molecular formula is C15H26BrN3. The van der Waals surface area contributed by atoms with Crippen LogP contribution in [0.2, 0.25) is 0 Å². The van der Waals surface area contributed by atoms with Crippen molar-refractivity contribution in [2.45, 2.75) is 52.5 Å². The fourth-order valence-corrected chi connectivity index (χ4v) is 4.05. The minimum atomic E-state index is 0.442. The first-order valence-electron chi connectivity index (χ1n) is 7.34. The number of halogens is 1. The molecule has 0 bridgehead atoms. The summed E-state index contributed by atoms with van der Waals surface area (Å²) in [7, 11) is 2.06. The van der Waals surface area contributed by atoms with Gasteiger partial charge in [0.1, 0.15) is 0 Å². The zero-order valence-electron chi connectivity index (χ0n) is 12.5. The molecule has 4 heteroatoms. The van der Waals surface area contributed by atoms with Gasteiger partial charge in [-0.3, -0.25) is 4.68 Å². The van der Waals surface area contributed by atoms with Crippen LogP contribution in [0.1, 0.15) is 51.6 Å². The molecule has 0 aromatic carbocycles. The Morgan fingerprint density at radius 1 is 1.53 bits per heavy atom. The highest BCUT2D eigenvalue weighted by Crippen LogP contribution is 2.47. The topological polar surface area (TPSA) is 29.9 Å². The minimum absolute atomic E-state index is 0.442. The fourth-order valence-electron chi connectivity index (χ4n) is 3.46. The predicted octanol–water partition coefficient (Wildman–Crippen LogP) is 3.79. The zero-order chi connectivity index (χ0) is 14.0. The summed E-state index contributed by atoms with van der Waals surface area (Å²) in [5.74, 6) is 1.32. The standard InChI is InChI=1S/C15H26BrN3/c1-5-19-14(13(16)10-18-19)12-8-15(2,3)7-6-11(12)9-17-4/h10-12,17H,5-9H2,1-4H3. The maximum absolute atomic E-state index is 4.50. The van der Waals surface area contributed by atoms with E-state index in [0.29, 0.717) is 11.3 Å². The smallest absolute Gasteiger partial charge is 0.0635 e. The van der Waals surface area contributed by atoms with Crippen molar-refractivity contribution in [1.82, 2.24) is 15.1 Å². The van der Waals surface area contributed by atoms with Gasteiger partial charge in [0.05, 0.1) is 16.4 Å². The fraction of sp³-hybridized carbons (Fsp3) is 0.800. The Labute approximate surface area is 125 Å². The Bertz CT molecular complexity index is 425. The van der Waals surface area contributed by atoms with Gasteiger partial charge in [-0.05, 0) is 67.0 Å². The number of hydrogen-bond donors (Lipinski definition) is 1. The highest BCUT2D eigenvalue weighted by molar-refractivity contribution is 9.10. The summed E-state index contributed by atoms with van der Waals surface area (Å²) < 4.78 is 3.34. The summed E-state index contributed by atoms with van der Waals surface area (Å²) >= 11 is 3.71. The van der Waals surface area contributed by atoms with Gasteiger partial charge < -0.3 is 5.32 Å². The average molecular weight is 328 g/mol. The summed E-state index contributed by atoms with van der Waals surface area (Å²) in [4.78, 5) is 0. The lowest BCUT2D eigenvalue weighted by molar-refractivity contribution is 0.155. The summed E-state index contributed by atoms with van der Waals surface area (Å²) in [5.41, 5.74) is 1.84. The predicted molar refractivity (Wildman–Crippen MR) is 83.4 cm³/mol. The largest absolute Gasteiger partial charge is 0.319 e. The molecule has 2 unspecified atom stereocenters. The third-order valence-corrected chi connectivity index (χ3v) is 5.09. The Balaban J connectivity index is 2.33. The van der Waals surface area contributed by atoms with E-state index in [0.717, 1.165) is 19.0 Å². The molecule has 2 atom stereocenters. The van der Waals surface area contributed by atoms with Crippen molar-refractivity contribution >= 4 is 15.9 Å². The average Bonchev–Trinajstić information content (AvgIpc) is 2.72. The second-order valence-electron chi connectivity index (χ2n) is 6.52. The van der Waals surface area contributed by atoms with Gasteiger partial charge in [-0.1, -0.05) is 13.8 Å². The van der Waals surface area contributed by atoms with E-state index in [1.807, 2.05) is 6.20 Å². The molecule has 1 heterocycles. The number of nitrogens with one attached hydrogen (secondary N) is 1. The van der Waals surface area contributed by atoms with Crippen LogP contribution in [0, 0.1) is 11.3 Å². The van der Waals surface area contributed by atoms with Crippen molar-refractivity contribution in [3.63, 3.8) is 0 Å². The van der Waals surface area contributed by atoms with Crippen LogP contribution >= 0.6 is 15.9 Å². The van der Waals surface area contributed by atoms with Crippen molar-refractivity contribution in [3.05, 3.63) is 16.4 Å². The van der Waals surface area contributed by atoms with E-state index in [1.54, 1.807) is 0 Å². The van der Waals surface area contributed by atoms with E-state index in [9.17, 15) is 0 Å². The Morgan fingerprint density at radius 2 is 2.26 bits per heavy atom. The van der Waals surface area contributed by atoms with Crippen molar-refractivity contribution in [2.75, 3.05) is 13.6 Å². The number of hydrogen-bond acceptors (Lipinski definition) is 2. The Hall–Kier alpha value is -0.350. The van der Waals surface area contributed by atoms with Crippen LogP contribution in [0.25, 0.3) is 0 Å². The van der Waals surface area contributed by atoms with E-state index in [2.05, 4.69) is 58.8 Å². The van der Waals surface area contributed by atoms with Crippen LogP contribution in [0.15, 0.2) is 10.7 Å². The van der Waals surface area contributed by atoms with Crippen molar-refractivity contribution in [3.8, 4) is 0 Å². The molecule has 1 N–H and O–H groups in total. The van der Waals surface area contributed by atoms with Crippen LogP contribution in [-0.4, -0.2) is 23.4 Å². The summed E-state index contributed by atoms with van der Waals surface area (Å²) in [6, 6.07) is 0. The molecule has 0 radical (unpaired) electrons. The molecule has 0 saturated heterocycles. The lowest BCUT2D eigenvalue weighted by Crippen LogP contribution is -2.35. The summed E-state index contributed by atoms with van der Waals surface area (Å²) in [6.45, 7) is 9.02. The molecule has 3 nitrogen and oxygen atoms in total. The molecular weight excluding hydrogens is 302 g/mol. The second-order valence-corrected chi connectivity index (χ2v) is 7.38. The van der Waals surface area contributed by atoms with Crippen LogP contribution in [0.4, 0.5) is 0 Å². The molecule has 0 spiro atoms. The number of aryl methyl sites for hydroxylation is 1. The van der Waals surface area contributed by atoms with Crippen LogP contribution in [0.3, 0.4) is 0 Å². The van der Waals surface area contributed by atoms with Crippen molar-refractivity contribution in [2.24, 2.45) is 11.3 Å². The van der Waals surface area contributed by atoms with Gasteiger partial charge in [-0.25, -0.2) is 0 Å². The monoisotopic (exact) mass is 327 g/mol. The zero-order valence-corrected chi connectivity index (χ0v) is 14.1. The lowest BCUT2D eigenvalue weighted by Gasteiger charge is -2.41. The first-order valence-corrected chi connectivity index (χ1v) is 8.13. The quantitative estimate of drug-likeness (QED) is 0.911. The Kier molecular flexibility index (Phi) is 4.72. The number of nitrogens with zero attached hydrogens (tertiary/aromatic N) is 2. The molecule has 0 aliphatic heterocycles. The highest BCUT2D eigenvalue weighted by atomic mass is 79.9. The van der Waals surface area contributed by atoms with Gasteiger partial charge in [0.2, 0.25) is 0 Å². The van der Waals surface area contributed by atoms with Gasteiger partial charge in [0, 0.05) is 12.5 Å². The van der Waals surface area contributed by atoms with Gasteiger partial charge in [0.15, 0.2) is 0 Å². The summed E-state index contributed by atoms with van der Waals surface area (Å²) in [5, 5.41) is 7.87. The maximum atomic E-state index is 4.50. The minimum Gasteiger partial charge on any atom is -0.319 e. The van der Waals surface area contributed by atoms with Gasteiger partial charge >= 0.3 is 0 Å². The molecule has 1 aliphatic carbocycles. The molecule has 19 heavy (non-hydrogen) atoms. The highest BCUT2D eigenvalue weighted by Gasteiger charge is 2.37. The molecule has 1 aromatic heterocycles. The van der Waals surface area contributed by atoms with E-state index in [4.69, 9.17) is 0 Å². The van der Waals surface area contributed by atoms with E-state index < -0.39 is 0 Å². The molecule has 0 amide bonds. The van der Waals surface area contributed by atoms with Gasteiger partial charge in [-0.2, -0.15) is 5.10 Å². The van der Waals surface area contributed by atoms with Gasteiger partial charge in [-0.15, -0.1) is 0 Å². The normalized spacial score (nSPS) is 26.6. The second kappa shape index (κ2) is 5.96. The SMILES string of the molecule is CCn1ncc(Br)c1C1CC(C)(C)CCC1CNC. The number of aromatic nitrogens is 2. The third kappa shape index (κ3) is 3.22. The van der Waals surface area contributed by atoms with Crippen molar-refractivity contribution in [1.29, 1.82) is 0 Å². The summed E-state index contributed by atoms with van der Waals surface area (Å²) in [6.07, 6.45) is 5.84. The van der Waals surface area contributed by atoms with E-state index in [1.165, 1.54) is 29.4 Å². The first kappa shape index (κ1) is 15.0. The van der Waals surface area contributed by atoms with E-state index in [-0.39, 0.29) is 0 Å². The Morgan fingerprint density at radius 3 is 2.89 bits per heavy atom. The molecule has 2 rings (SSSR count). The number of rotatable bonds is 4. The van der Waals surface area contributed by atoms with Crippen LogP contribution < -0.4 is 5.32 Å². The molecule has 1 fully saturated rings.